The Labute approximate surface area is 281 Å². The zero-order valence-corrected chi connectivity index (χ0v) is 28.0. The summed E-state index contributed by atoms with van der Waals surface area (Å²) in [6.45, 7) is 6.23. The number of hydrogen-bond acceptors (Lipinski definition) is 7. The van der Waals surface area contributed by atoms with Gasteiger partial charge in [-0.05, 0) is 50.1 Å². The Morgan fingerprint density at radius 3 is 2.43 bits per heavy atom. The van der Waals surface area contributed by atoms with Gasteiger partial charge in [0.2, 0.25) is 0 Å². The number of piperazine rings is 1. The maximum atomic E-state index is 13.7. The van der Waals surface area contributed by atoms with Crippen molar-refractivity contribution in [3.8, 4) is 0 Å². The number of hydrogen-bond donors (Lipinski definition) is 1. The fourth-order valence-electron chi connectivity index (χ4n) is 8.49. The molecule has 3 fully saturated rings. The van der Waals surface area contributed by atoms with Gasteiger partial charge < -0.3 is 29.8 Å². The maximum Gasteiger partial charge on any atom is 0.322 e. The molecule has 4 aliphatic rings. The minimum atomic E-state index is -1.22. The molecule has 2 aromatic rings. The number of fused-ring (bicyclic) bond motifs is 1. The van der Waals surface area contributed by atoms with E-state index in [0.29, 0.717) is 60.5 Å². The Bertz CT molecular complexity index is 1450. The van der Waals surface area contributed by atoms with Gasteiger partial charge in [-0.15, -0.1) is 0 Å². The fraction of sp³-hybridized carbons (Fsp3) is 0.559. The molecule has 248 valence electrons. The van der Waals surface area contributed by atoms with E-state index in [0.717, 1.165) is 56.6 Å². The number of quaternary nitrogens is 1. The molecule has 3 amide bonds. The number of likely N-dealkylation sites (tertiary alicyclic amines) is 2. The van der Waals surface area contributed by atoms with Gasteiger partial charge in [0.05, 0.1) is 23.0 Å². The highest BCUT2D eigenvalue weighted by molar-refractivity contribution is 6.42. The van der Waals surface area contributed by atoms with Crippen LogP contribution in [0.1, 0.15) is 43.2 Å². The van der Waals surface area contributed by atoms with Crippen LogP contribution in [-0.2, 0) is 17.8 Å². The van der Waals surface area contributed by atoms with Gasteiger partial charge >= 0.3 is 6.03 Å². The van der Waals surface area contributed by atoms with Gasteiger partial charge in [0.1, 0.15) is 12.8 Å². The summed E-state index contributed by atoms with van der Waals surface area (Å²) in [5.74, 6) is 0. The van der Waals surface area contributed by atoms with Gasteiger partial charge in [-0.3, -0.25) is 14.3 Å². The lowest BCUT2D eigenvalue weighted by Crippen LogP contribution is -2.80. The second kappa shape index (κ2) is 13.8. The van der Waals surface area contributed by atoms with Gasteiger partial charge in [0.25, 0.3) is 6.09 Å². The Kier molecular flexibility index (Phi) is 9.94. The molecule has 0 aromatic heterocycles. The zero-order valence-electron chi connectivity index (χ0n) is 26.5. The maximum absolute atomic E-state index is 13.7. The summed E-state index contributed by atoms with van der Waals surface area (Å²) in [5, 5.41) is 17.4. The second-order valence-corrected chi connectivity index (χ2v) is 14.3. The molecule has 3 atom stereocenters. The van der Waals surface area contributed by atoms with E-state index in [2.05, 4.69) is 27.1 Å². The summed E-state index contributed by atoms with van der Waals surface area (Å²) in [6.07, 6.45) is 2.89. The van der Waals surface area contributed by atoms with Crippen LogP contribution < -0.4 is 10.4 Å². The molecule has 0 saturated carbocycles. The van der Waals surface area contributed by atoms with Gasteiger partial charge in [-0.2, -0.15) is 0 Å². The van der Waals surface area contributed by atoms with Gasteiger partial charge in [-0.1, -0.05) is 47.5 Å². The van der Waals surface area contributed by atoms with Gasteiger partial charge in [0, 0.05) is 82.0 Å². The van der Waals surface area contributed by atoms with Crippen molar-refractivity contribution in [2.45, 2.75) is 62.8 Å². The number of carboxylic acid groups (broad SMARTS) is 1. The van der Waals surface area contributed by atoms with Crippen molar-refractivity contribution < 1.29 is 24.0 Å². The third-order valence-electron chi connectivity index (χ3n) is 11.1. The van der Waals surface area contributed by atoms with E-state index >= 15 is 0 Å². The number of nitrogens with one attached hydrogen (secondary N) is 1. The predicted molar refractivity (Wildman–Crippen MR) is 177 cm³/mol. The number of aldehydes is 1. The Hall–Kier alpha value is -2.73. The average Bonchev–Trinajstić information content (AvgIpc) is 3.22. The highest BCUT2D eigenvalue weighted by atomic mass is 35.5. The van der Waals surface area contributed by atoms with Crippen LogP contribution in [0.4, 0.5) is 15.3 Å². The smallest absolute Gasteiger partial charge is 0.322 e. The number of para-hydroxylation sites is 1. The largest absolute Gasteiger partial charge is 0.498 e. The van der Waals surface area contributed by atoms with E-state index in [1.165, 1.54) is 0 Å². The number of likely N-dealkylation sites (N-methyl/N-ethyl adjacent to an activating group) is 1. The van der Waals surface area contributed by atoms with Crippen LogP contribution in [0.15, 0.2) is 42.5 Å². The van der Waals surface area contributed by atoms with Crippen LogP contribution in [0.5, 0.6) is 0 Å². The van der Waals surface area contributed by atoms with Crippen LogP contribution >= 0.6 is 23.2 Å². The molecule has 46 heavy (non-hydrogen) atoms. The number of urea groups is 1. The molecule has 0 spiro atoms. The van der Waals surface area contributed by atoms with E-state index in [-0.39, 0.29) is 31.6 Å². The number of carbonyl (C=O) groups is 3. The first kappa shape index (κ1) is 33.2. The molecule has 0 aliphatic carbocycles. The molecular formula is C34H44Cl2N6O4. The molecule has 1 N–H and O–H groups in total. The standard InChI is InChI=1S/C34H44Cl2N6O4/c1-38-16-18-39(19-17-38)27-9-13-40(14-10-27)34(12-21-43)23-28(41-15-8-26-4-2-3-5-31(26)37-32(41)44)11-20-42(34,33(45)46)24-25-6-7-29(35)30(36)22-25/h2-7,21-22,27-28H,8-20,23-24H2,1H3,(H-,37,44,45,46)/t28?,34?,42-/m0/s1. The quantitative estimate of drug-likeness (QED) is 0.352. The molecule has 6 rings (SSSR count). The van der Waals surface area contributed by atoms with E-state index in [9.17, 15) is 19.5 Å². The lowest BCUT2D eigenvalue weighted by atomic mass is 9.81. The summed E-state index contributed by atoms with van der Waals surface area (Å²) >= 11 is 12.6. The van der Waals surface area contributed by atoms with Crippen LogP contribution in [0, 0.1) is 0 Å². The zero-order chi connectivity index (χ0) is 32.5. The number of amides is 3. The fourth-order valence-corrected chi connectivity index (χ4v) is 8.81. The van der Waals surface area contributed by atoms with E-state index in [4.69, 9.17) is 23.2 Å². The third-order valence-corrected chi connectivity index (χ3v) is 11.8. The molecule has 2 aromatic carbocycles. The molecule has 4 heterocycles. The number of nitrogens with zero attached hydrogens (tertiary/aromatic N) is 5. The molecule has 4 aliphatic heterocycles. The number of piperidine rings is 2. The first-order valence-corrected chi connectivity index (χ1v) is 17.2. The highest BCUT2D eigenvalue weighted by Gasteiger charge is 2.61. The second-order valence-electron chi connectivity index (χ2n) is 13.5. The Balaban J connectivity index is 1.35. The number of rotatable bonds is 7. The van der Waals surface area contributed by atoms with E-state index in [1.54, 1.807) is 18.2 Å². The third kappa shape index (κ3) is 6.28. The number of carbonyl (C=O) groups excluding carboxylic acids is 3. The molecule has 2 unspecified atom stereocenters. The SMILES string of the molecule is CN1CCN(C2CCN(C3(CC=O)CC(N4CCc5ccccc5NC4=O)CC[N@+]3(Cc3ccc(Cl)c(Cl)c3)C(=O)[O-])CC2)CC1. The number of benzene rings is 2. The summed E-state index contributed by atoms with van der Waals surface area (Å²) in [4.78, 5) is 49.0. The Morgan fingerprint density at radius 1 is 1.00 bits per heavy atom. The molecule has 12 heteroatoms. The first-order valence-electron chi connectivity index (χ1n) is 16.5. The summed E-state index contributed by atoms with van der Waals surface area (Å²) < 4.78 is -0.435. The minimum Gasteiger partial charge on any atom is -0.498 e. The monoisotopic (exact) mass is 670 g/mol. The summed E-state index contributed by atoms with van der Waals surface area (Å²) in [7, 11) is 2.15. The predicted octanol–water partition coefficient (Wildman–Crippen LogP) is 3.90. The summed E-state index contributed by atoms with van der Waals surface area (Å²) in [6, 6.07) is 13.0. The molecular weight excluding hydrogens is 627 g/mol. The van der Waals surface area contributed by atoms with Crippen LogP contribution in [0.3, 0.4) is 0 Å². The van der Waals surface area contributed by atoms with Crippen molar-refractivity contribution >= 4 is 47.3 Å². The van der Waals surface area contributed by atoms with Crippen LogP contribution in [0.2, 0.25) is 10.0 Å². The van der Waals surface area contributed by atoms with E-state index < -0.39 is 16.2 Å². The molecule has 0 bridgehead atoms. The molecule has 0 radical (unpaired) electrons. The molecule has 10 nitrogen and oxygen atoms in total. The normalized spacial score (nSPS) is 28.7. The lowest BCUT2D eigenvalue weighted by Gasteiger charge is -2.62. The van der Waals surface area contributed by atoms with Crippen molar-refractivity contribution in [2.24, 2.45) is 0 Å². The topological polar surface area (TPSA) is 99.3 Å². The Morgan fingerprint density at radius 2 is 1.74 bits per heavy atom. The van der Waals surface area contributed by atoms with Crippen molar-refractivity contribution in [3.05, 3.63) is 63.6 Å². The van der Waals surface area contributed by atoms with Crippen molar-refractivity contribution in [3.63, 3.8) is 0 Å². The summed E-state index contributed by atoms with van der Waals surface area (Å²) in [5.41, 5.74) is 1.46. The van der Waals surface area contributed by atoms with E-state index in [1.807, 2.05) is 29.2 Å². The van der Waals surface area contributed by atoms with Crippen molar-refractivity contribution in [2.75, 3.05) is 64.7 Å². The first-order chi connectivity index (χ1) is 22.2. The lowest BCUT2D eigenvalue weighted by molar-refractivity contribution is -0.956. The average molecular weight is 672 g/mol. The minimum absolute atomic E-state index is 0.00760. The van der Waals surface area contributed by atoms with Crippen LogP contribution in [-0.4, -0.2) is 120 Å². The molecule has 3 saturated heterocycles. The van der Waals surface area contributed by atoms with Crippen LogP contribution in [0.25, 0.3) is 0 Å². The number of anilines is 1. The van der Waals surface area contributed by atoms with Gasteiger partial charge in [0.15, 0.2) is 5.66 Å². The van der Waals surface area contributed by atoms with Crippen molar-refractivity contribution in [1.82, 2.24) is 19.6 Å². The highest BCUT2D eigenvalue weighted by Crippen LogP contribution is 2.46. The van der Waals surface area contributed by atoms with Crippen molar-refractivity contribution in [1.29, 1.82) is 0 Å². The number of halogens is 2. The van der Waals surface area contributed by atoms with Gasteiger partial charge in [-0.25, -0.2) is 4.79 Å².